The fourth-order valence-electron chi connectivity index (χ4n) is 2.12. The molecular formula is C18H12F2N2OS2. The fraction of sp³-hybridized carbons (Fsp3) is 0.111. The minimum Gasteiger partial charge on any atom is -0.461 e. The van der Waals surface area contributed by atoms with E-state index in [0.29, 0.717) is 33.9 Å². The molecule has 3 rings (SSSR count). The zero-order valence-electron chi connectivity index (χ0n) is 12.9. The van der Waals surface area contributed by atoms with Crippen molar-refractivity contribution in [3.8, 4) is 17.3 Å². The molecule has 0 amide bonds. The van der Waals surface area contributed by atoms with Crippen LogP contribution in [-0.2, 0) is 5.75 Å². The van der Waals surface area contributed by atoms with Gasteiger partial charge in [-0.25, -0.2) is 4.98 Å². The van der Waals surface area contributed by atoms with Gasteiger partial charge in [-0.05, 0) is 12.1 Å². The van der Waals surface area contributed by atoms with Crippen LogP contribution < -0.4 is 0 Å². The Morgan fingerprint density at radius 2 is 2.08 bits per heavy atom. The van der Waals surface area contributed by atoms with E-state index in [-0.39, 0.29) is 5.75 Å². The second-order valence-corrected chi connectivity index (χ2v) is 6.79. The van der Waals surface area contributed by atoms with Crippen LogP contribution in [-0.4, -0.2) is 10.7 Å². The predicted octanol–water partition coefficient (Wildman–Crippen LogP) is 5.92. The number of alkyl halides is 2. The quantitative estimate of drug-likeness (QED) is 0.502. The van der Waals surface area contributed by atoms with Crippen LogP contribution in [0.15, 0.2) is 52.3 Å². The van der Waals surface area contributed by atoms with E-state index in [9.17, 15) is 14.0 Å². The Bertz CT molecular complexity index is 911. The molecule has 3 aromatic rings. The van der Waals surface area contributed by atoms with E-state index >= 15 is 0 Å². The number of thioether (sulfide) groups is 1. The van der Waals surface area contributed by atoms with Gasteiger partial charge in [-0.2, -0.15) is 14.0 Å². The van der Waals surface area contributed by atoms with Crippen LogP contribution in [0.2, 0.25) is 0 Å². The van der Waals surface area contributed by atoms with Crippen molar-refractivity contribution in [3.63, 3.8) is 0 Å². The maximum absolute atomic E-state index is 12.2. The van der Waals surface area contributed by atoms with E-state index in [1.165, 1.54) is 11.3 Å². The zero-order valence-corrected chi connectivity index (χ0v) is 14.5. The normalized spacial score (nSPS) is 11.7. The fourth-order valence-corrected chi connectivity index (χ4v) is 3.36. The molecule has 0 saturated heterocycles. The molecule has 3 nitrogen and oxygen atoms in total. The van der Waals surface area contributed by atoms with Crippen LogP contribution in [0.4, 0.5) is 8.78 Å². The van der Waals surface area contributed by atoms with Gasteiger partial charge in [0.1, 0.15) is 22.6 Å². The second-order valence-electron chi connectivity index (χ2n) is 4.95. The second kappa shape index (κ2) is 8.10. The third-order valence-electron chi connectivity index (χ3n) is 3.25. The minimum absolute atomic E-state index is 0.0861. The standard InChI is InChI=1S/C18H12F2N2OS2/c19-18(20)25-10-15-7-6-14(23-15)8-13(9-21)17-22-16(11-24-17)12-4-2-1-3-5-12/h1-8,11,18H,10H2/b13-8+. The molecule has 0 aliphatic carbocycles. The molecule has 0 radical (unpaired) electrons. The van der Waals surface area contributed by atoms with Crippen LogP contribution in [0.5, 0.6) is 0 Å². The van der Waals surface area contributed by atoms with Gasteiger partial charge in [0.25, 0.3) is 5.76 Å². The van der Waals surface area contributed by atoms with Crippen LogP contribution in [0.3, 0.4) is 0 Å². The average Bonchev–Trinajstić information content (AvgIpc) is 3.28. The van der Waals surface area contributed by atoms with Gasteiger partial charge in [-0.1, -0.05) is 42.1 Å². The summed E-state index contributed by atoms with van der Waals surface area (Å²) in [4.78, 5) is 4.50. The molecule has 2 aromatic heterocycles. The first-order valence-corrected chi connectivity index (χ1v) is 9.20. The summed E-state index contributed by atoms with van der Waals surface area (Å²) in [7, 11) is 0. The lowest BCUT2D eigenvalue weighted by Gasteiger charge is -1.96. The van der Waals surface area contributed by atoms with Crippen LogP contribution in [0, 0.1) is 11.3 Å². The van der Waals surface area contributed by atoms with E-state index < -0.39 is 5.76 Å². The number of allylic oxidation sites excluding steroid dienone is 1. The van der Waals surface area contributed by atoms with Gasteiger partial charge in [-0.3, -0.25) is 0 Å². The number of halogens is 2. The van der Waals surface area contributed by atoms with Crippen molar-refractivity contribution >= 4 is 34.7 Å². The van der Waals surface area contributed by atoms with Gasteiger partial charge < -0.3 is 4.42 Å². The van der Waals surface area contributed by atoms with Crippen molar-refractivity contribution in [1.29, 1.82) is 5.26 Å². The summed E-state index contributed by atoms with van der Waals surface area (Å²) in [6.07, 6.45) is 1.57. The molecule has 0 spiro atoms. The van der Waals surface area contributed by atoms with E-state index in [1.54, 1.807) is 18.2 Å². The summed E-state index contributed by atoms with van der Waals surface area (Å²) in [6.45, 7) is 0. The summed E-state index contributed by atoms with van der Waals surface area (Å²) in [5.74, 6) is -1.47. The van der Waals surface area contributed by atoms with Gasteiger partial charge in [-0.15, -0.1) is 11.3 Å². The maximum Gasteiger partial charge on any atom is 0.284 e. The van der Waals surface area contributed by atoms with E-state index in [1.807, 2.05) is 35.7 Å². The monoisotopic (exact) mass is 374 g/mol. The van der Waals surface area contributed by atoms with Crippen molar-refractivity contribution in [2.24, 2.45) is 0 Å². The number of nitrogens with zero attached hydrogens (tertiary/aromatic N) is 2. The van der Waals surface area contributed by atoms with Gasteiger partial charge in [0.15, 0.2) is 0 Å². The van der Waals surface area contributed by atoms with Crippen LogP contribution >= 0.6 is 23.1 Å². The molecule has 0 N–H and O–H groups in total. The number of aromatic nitrogens is 1. The lowest BCUT2D eigenvalue weighted by Crippen LogP contribution is -1.83. The van der Waals surface area contributed by atoms with Crippen LogP contribution in [0.1, 0.15) is 16.5 Å². The summed E-state index contributed by atoms with van der Waals surface area (Å²) in [6, 6.07) is 15.1. The molecule has 126 valence electrons. The highest BCUT2D eigenvalue weighted by Gasteiger charge is 2.11. The zero-order chi connectivity index (χ0) is 17.6. The third-order valence-corrected chi connectivity index (χ3v) is 4.82. The van der Waals surface area contributed by atoms with Crippen molar-refractivity contribution in [2.45, 2.75) is 11.5 Å². The highest BCUT2D eigenvalue weighted by atomic mass is 32.2. The summed E-state index contributed by atoms with van der Waals surface area (Å²) in [5, 5.41) is 11.9. The molecule has 2 heterocycles. The van der Waals surface area contributed by atoms with E-state index in [0.717, 1.165) is 11.3 Å². The minimum atomic E-state index is -2.44. The summed E-state index contributed by atoms with van der Waals surface area (Å²) < 4.78 is 29.9. The molecule has 0 fully saturated rings. The molecule has 0 aliphatic rings. The van der Waals surface area contributed by atoms with Gasteiger partial charge >= 0.3 is 0 Å². The molecule has 0 aliphatic heterocycles. The number of thiazole rings is 1. The lowest BCUT2D eigenvalue weighted by molar-refractivity contribution is 0.251. The van der Waals surface area contributed by atoms with Crippen molar-refractivity contribution in [2.75, 3.05) is 0 Å². The predicted molar refractivity (Wildman–Crippen MR) is 97.0 cm³/mol. The molecule has 0 saturated carbocycles. The summed E-state index contributed by atoms with van der Waals surface area (Å²) >= 11 is 1.87. The third kappa shape index (κ3) is 4.56. The van der Waals surface area contributed by atoms with E-state index in [4.69, 9.17) is 4.42 Å². The maximum atomic E-state index is 12.2. The number of benzene rings is 1. The van der Waals surface area contributed by atoms with Gasteiger partial charge in [0, 0.05) is 17.0 Å². The van der Waals surface area contributed by atoms with Gasteiger partial charge in [0.2, 0.25) is 0 Å². The highest BCUT2D eigenvalue weighted by Crippen LogP contribution is 2.28. The van der Waals surface area contributed by atoms with Crippen molar-refractivity contribution < 1.29 is 13.2 Å². The number of furan rings is 1. The Labute approximate surface area is 151 Å². The molecule has 25 heavy (non-hydrogen) atoms. The molecule has 0 bridgehead atoms. The Morgan fingerprint density at radius 3 is 2.80 bits per heavy atom. The average molecular weight is 374 g/mol. The Kier molecular flexibility index (Phi) is 5.64. The lowest BCUT2D eigenvalue weighted by atomic mass is 10.2. The van der Waals surface area contributed by atoms with Gasteiger partial charge in [0.05, 0.1) is 17.0 Å². The molecule has 0 unspecified atom stereocenters. The smallest absolute Gasteiger partial charge is 0.284 e. The number of nitriles is 1. The molecule has 0 atom stereocenters. The topological polar surface area (TPSA) is 49.8 Å². The number of hydrogen-bond donors (Lipinski definition) is 0. The Balaban J connectivity index is 1.80. The first-order chi connectivity index (χ1) is 12.2. The molecular weight excluding hydrogens is 362 g/mol. The first-order valence-electron chi connectivity index (χ1n) is 7.27. The Hall–Kier alpha value is -2.43. The molecule has 1 aromatic carbocycles. The van der Waals surface area contributed by atoms with Crippen molar-refractivity contribution in [3.05, 3.63) is 64.4 Å². The first kappa shape index (κ1) is 17.4. The Morgan fingerprint density at radius 1 is 1.28 bits per heavy atom. The summed E-state index contributed by atoms with van der Waals surface area (Å²) in [5.41, 5.74) is 2.15. The molecule has 7 heteroatoms. The highest BCUT2D eigenvalue weighted by molar-refractivity contribution is 7.98. The van der Waals surface area contributed by atoms with Crippen LogP contribution in [0.25, 0.3) is 22.9 Å². The van der Waals surface area contributed by atoms with Crippen molar-refractivity contribution in [1.82, 2.24) is 4.98 Å². The number of rotatable bonds is 6. The SMILES string of the molecule is N#C/C(=C\c1ccc(CSC(F)F)o1)c1nc(-c2ccccc2)cs1. The number of hydrogen-bond acceptors (Lipinski definition) is 5. The largest absolute Gasteiger partial charge is 0.461 e. The van der Waals surface area contributed by atoms with E-state index in [2.05, 4.69) is 11.1 Å².